The largest absolute Gasteiger partial charge is 3.00 e. The van der Waals surface area contributed by atoms with Crippen LogP contribution < -0.4 is 15.3 Å². The van der Waals surface area contributed by atoms with Gasteiger partial charge in [0.1, 0.15) is 17.9 Å². The van der Waals surface area contributed by atoms with E-state index in [4.69, 9.17) is 28.4 Å². The molecule has 0 aromatic rings. The van der Waals surface area contributed by atoms with E-state index in [0.717, 1.165) is 59.3 Å². The van der Waals surface area contributed by atoms with Crippen LogP contribution in [0.4, 0.5) is 0 Å². The standard InChI is InChI=1S/3C12H22O5.Al/c3*1-4-6-8-16-12(10(3)13,11(14)15)17-9-7-5-2;/h3*4-9H2,1-3H3,(H,14,15);/q;;;+3/p-3. The molecule has 0 amide bonds. The zero-order valence-electron chi connectivity index (χ0n) is 32.9. The molecule has 0 spiro atoms. The molecule has 0 atom stereocenters. The zero-order valence-corrected chi connectivity index (χ0v) is 34.1. The van der Waals surface area contributed by atoms with Crippen molar-refractivity contribution in [2.75, 3.05) is 39.6 Å². The summed E-state index contributed by atoms with van der Waals surface area (Å²) in [6.45, 7) is 16.0. The second-order valence-corrected chi connectivity index (χ2v) is 11.6. The molecule has 0 rings (SSSR count). The average molecular weight is 763 g/mol. The Morgan fingerprint density at radius 1 is 0.365 bits per heavy atom. The van der Waals surface area contributed by atoms with Gasteiger partial charge in [0.2, 0.25) is 0 Å². The van der Waals surface area contributed by atoms with Crippen molar-refractivity contribution in [2.24, 2.45) is 0 Å². The smallest absolute Gasteiger partial charge is 0.544 e. The Kier molecular flexibility index (Phi) is 36.1. The molecule has 0 aliphatic carbocycles. The third kappa shape index (κ3) is 21.4. The van der Waals surface area contributed by atoms with Gasteiger partial charge in [-0.05, 0) is 38.5 Å². The number of carbonyl (C=O) groups excluding carboxylic acids is 6. The van der Waals surface area contributed by atoms with Gasteiger partial charge in [-0.1, -0.05) is 80.1 Å². The van der Waals surface area contributed by atoms with Gasteiger partial charge in [-0.3, -0.25) is 14.4 Å². The summed E-state index contributed by atoms with van der Waals surface area (Å²) in [5.74, 6) is -13.6. The van der Waals surface area contributed by atoms with Gasteiger partial charge in [0.25, 0.3) is 17.4 Å². The number of ketones is 3. The maximum absolute atomic E-state index is 11.4. The number of ether oxygens (including phenoxy) is 6. The Bertz CT molecular complexity index is 801. The summed E-state index contributed by atoms with van der Waals surface area (Å²) in [5, 5.41) is 33.2. The third-order valence-electron chi connectivity index (χ3n) is 7.02. The first-order valence-corrected chi connectivity index (χ1v) is 18.0. The predicted octanol–water partition coefficient (Wildman–Crippen LogP) is 1.58. The molecule has 0 bridgehead atoms. The van der Waals surface area contributed by atoms with Crippen molar-refractivity contribution >= 4 is 52.6 Å². The van der Waals surface area contributed by atoms with Crippen LogP contribution in [-0.2, 0) is 57.2 Å². The molecule has 0 saturated carbocycles. The minimum atomic E-state index is -2.23. The molecule has 0 aromatic carbocycles. The van der Waals surface area contributed by atoms with Crippen LogP contribution in [0.5, 0.6) is 0 Å². The van der Waals surface area contributed by atoms with Gasteiger partial charge in [0, 0.05) is 20.8 Å². The normalized spacial score (nSPS) is 11.2. The molecule has 15 nitrogen and oxygen atoms in total. The second kappa shape index (κ2) is 33.3. The molecule has 0 unspecified atom stereocenters. The minimum absolute atomic E-state index is 0. The number of carbonyl (C=O) groups is 6. The molecule has 0 aromatic heterocycles. The van der Waals surface area contributed by atoms with E-state index in [2.05, 4.69) is 0 Å². The Hall–Kier alpha value is -2.29. The van der Waals surface area contributed by atoms with E-state index < -0.39 is 52.6 Å². The van der Waals surface area contributed by atoms with Crippen molar-refractivity contribution in [2.45, 2.75) is 157 Å². The molecular weight excluding hydrogens is 699 g/mol. The fourth-order valence-corrected chi connectivity index (χ4v) is 3.68. The number of aliphatic carboxylic acids is 3. The maximum atomic E-state index is 11.4. The van der Waals surface area contributed by atoms with Crippen molar-refractivity contribution < 1.29 is 72.5 Å². The van der Waals surface area contributed by atoms with Crippen LogP contribution in [0.3, 0.4) is 0 Å². The van der Waals surface area contributed by atoms with Crippen molar-refractivity contribution in [3.05, 3.63) is 0 Å². The first-order chi connectivity index (χ1) is 24.0. The van der Waals surface area contributed by atoms with Gasteiger partial charge in [-0.15, -0.1) is 0 Å². The molecule has 0 radical (unpaired) electrons. The Labute approximate surface area is 320 Å². The average Bonchev–Trinajstić information content (AvgIpc) is 3.06. The van der Waals surface area contributed by atoms with E-state index in [1.165, 1.54) is 0 Å². The number of carboxylic acids is 3. The van der Waals surface area contributed by atoms with Crippen LogP contribution in [0.15, 0.2) is 0 Å². The summed E-state index contributed by atoms with van der Waals surface area (Å²) in [6, 6.07) is 0. The number of unbranched alkanes of at least 4 members (excludes halogenated alkanes) is 6. The molecule has 300 valence electrons. The minimum Gasteiger partial charge on any atom is -0.544 e. The topological polar surface area (TPSA) is 227 Å². The van der Waals surface area contributed by atoms with Gasteiger partial charge in [0.15, 0.2) is 17.3 Å². The van der Waals surface area contributed by atoms with Gasteiger partial charge >= 0.3 is 17.4 Å². The number of hydrogen-bond acceptors (Lipinski definition) is 15. The van der Waals surface area contributed by atoms with E-state index in [-0.39, 0.29) is 57.0 Å². The SMILES string of the molecule is CCCCOC(OCCCC)(C(C)=O)C(=O)[O-].CCCCOC(OCCCC)(C(C)=O)C(=O)[O-].CCCCOC(OCCCC)(C(C)=O)C(=O)[O-].[Al+3]. The molecule has 0 heterocycles. The summed E-state index contributed by atoms with van der Waals surface area (Å²) in [6.07, 6.45) is 9.06. The van der Waals surface area contributed by atoms with Gasteiger partial charge in [-0.25, -0.2) is 0 Å². The van der Waals surface area contributed by atoms with E-state index in [1.807, 2.05) is 41.5 Å². The summed E-state index contributed by atoms with van der Waals surface area (Å²) in [7, 11) is 0. The first-order valence-electron chi connectivity index (χ1n) is 18.0. The van der Waals surface area contributed by atoms with E-state index in [1.54, 1.807) is 0 Å². The predicted molar refractivity (Wildman–Crippen MR) is 186 cm³/mol. The summed E-state index contributed by atoms with van der Waals surface area (Å²) < 4.78 is 30.6. The summed E-state index contributed by atoms with van der Waals surface area (Å²) in [4.78, 5) is 67.5. The fourth-order valence-electron chi connectivity index (χ4n) is 3.68. The van der Waals surface area contributed by atoms with Crippen molar-refractivity contribution in [3.63, 3.8) is 0 Å². The van der Waals surface area contributed by atoms with E-state index in [0.29, 0.717) is 38.5 Å². The second-order valence-electron chi connectivity index (χ2n) is 11.6. The molecule has 16 heteroatoms. The van der Waals surface area contributed by atoms with E-state index in [9.17, 15) is 44.1 Å². The number of Topliss-reactive ketones (excluding diaryl/α,β-unsaturated/α-hetero) is 3. The zero-order chi connectivity index (χ0) is 39.9. The van der Waals surface area contributed by atoms with Crippen LogP contribution in [0.25, 0.3) is 0 Å². The van der Waals surface area contributed by atoms with Crippen molar-refractivity contribution in [1.29, 1.82) is 0 Å². The molecule has 0 aliphatic rings. The van der Waals surface area contributed by atoms with Crippen molar-refractivity contribution in [1.82, 2.24) is 0 Å². The summed E-state index contributed by atoms with van der Waals surface area (Å²) in [5.41, 5.74) is 0. The van der Waals surface area contributed by atoms with Crippen LogP contribution >= 0.6 is 0 Å². The summed E-state index contributed by atoms with van der Waals surface area (Å²) >= 11 is 0. The maximum Gasteiger partial charge on any atom is 3.00 e. The number of rotatable bonds is 30. The third-order valence-corrected chi connectivity index (χ3v) is 7.02. The molecule has 52 heavy (non-hydrogen) atoms. The van der Waals surface area contributed by atoms with Crippen LogP contribution in [-0.4, -0.2) is 110 Å². The monoisotopic (exact) mass is 762 g/mol. The Morgan fingerprint density at radius 2 is 0.500 bits per heavy atom. The Balaban J connectivity index is -0.000000329. The number of hydrogen-bond donors (Lipinski definition) is 0. The molecule has 0 saturated heterocycles. The van der Waals surface area contributed by atoms with Gasteiger partial charge in [0.05, 0.1) is 39.6 Å². The molecular formula is C36H63AlO15. The fraction of sp³-hybridized carbons (Fsp3) is 0.833. The first kappa shape index (κ1) is 56.5. The number of carboxylic acid groups (broad SMARTS) is 3. The van der Waals surface area contributed by atoms with Crippen molar-refractivity contribution in [3.8, 4) is 0 Å². The van der Waals surface area contributed by atoms with Crippen LogP contribution in [0, 0.1) is 0 Å². The quantitative estimate of drug-likeness (QED) is 0.0438. The van der Waals surface area contributed by atoms with Gasteiger partial charge < -0.3 is 58.1 Å². The molecule has 0 fully saturated rings. The van der Waals surface area contributed by atoms with Crippen LogP contribution in [0.1, 0.15) is 139 Å². The van der Waals surface area contributed by atoms with Crippen LogP contribution in [0.2, 0.25) is 0 Å². The Morgan fingerprint density at radius 3 is 0.577 bits per heavy atom. The molecule has 0 N–H and O–H groups in total. The van der Waals surface area contributed by atoms with E-state index >= 15 is 0 Å². The van der Waals surface area contributed by atoms with Gasteiger partial charge in [-0.2, -0.15) is 0 Å². The molecule has 0 aliphatic heterocycles.